The van der Waals surface area contributed by atoms with Crippen LogP contribution in [0.5, 0.6) is 0 Å². The molecule has 0 unspecified atom stereocenters. The summed E-state index contributed by atoms with van der Waals surface area (Å²) in [6, 6.07) is 7.48. The van der Waals surface area contributed by atoms with Gasteiger partial charge in [-0.1, -0.05) is 0 Å². The van der Waals surface area contributed by atoms with Crippen molar-refractivity contribution in [3.05, 3.63) is 33.4 Å². The number of hydrogen-bond acceptors (Lipinski definition) is 6. The third kappa shape index (κ3) is 3.02. The fourth-order valence-electron chi connectivity index (χ4n) is 1.50. The predicted octanol–water partition coefficient (Wildman–Crippen LogP) is 1.09. The quantitative estimate of drug-likeness (QED) is 0.598. The van der Waals surface area contributed by atoms with Gasteiger partial charge in [-0.15, -0.1) is 0 Å². The molecule has 0 aliphatic heterocycles. The van der Waals surface area contributed by atoms with Gasteiger partial charge in [0.05, 0.1) is 0 Å². The average Bonchev–Trinajstić information content (AvgIpc) is 2.30. The number of nitrogens with two attached hydrogens (primary N) is 3. The largest absolute Gasteiger partial charge is 0.383 e. The summed E-state index contributed by atoms with van der Waals surface area (Å²) in [5.74, 6) is -0.604. The van der Waals surface area contributed by atoms with E-state index in [0.29, 0.717) is 0 Å². The van der Waals surface area contributed by atoms with Crippen LogP contribution in [0.3, 0.4) is 0 Å². The predicted molar refractivity (Wildman–Crippen MR) is 81.8 cm³/mol. The summed E-state index contributed by atoms with van der Waals surface area (Å²) < 4.78 is 1.08. The number of amides is 1. The molecule has 2 aromatic rings. The molecule has 19 heavy (non-hydrogen) atoms. The molecular formula is C11H11IN6O. The van der Waals surface area contributed by atoms with Crippen molar-refractivity contribution in [1.29, 1.82) is 0 Å². The second-order valence-corrected chi connectivity index (χ2v) is 4.93. The molecule has 1 aromatic carbocycles. The first-order valence-corrected chi connectivity index (χ1v) is 6.30. The van der Waals surface area contributed by atoms with E-state index in [0.717, 1.165) is 9.26 Å². The fraction of sp³-hybridized carbons (Fsp3) is 0. The molecule has 2 rings (SSSR count). The van der Waals surface area contributed by atoms with Crippen LogP contribution in [0.15, 0.2) is 24.3 Å². The van der Waals surface area contributed by atoms with Crippen LogP contribution in [0.25, 0.3) is 0 Å². The van der Waals surface area contributed by atoms with Gasteiger partial charge in [0.15, 0.2) is 5.82 Å². The van der Waals surface area contributed by atoms with Crippen LogP contribution in [0.4, 0.5) is 23.3 Å². The van der Waals surface area contributed by atoms with Gasteiger partial charge in [-0.05, 0) is 46.9 Å². The molecule has 7 N–H and O–H groups in total. The van der Waals surface area contributed by atoms with Gasteiger partial charge >= 0.3 is 0 Å². The van der Waals surface area contributed by atoms with E-state index in [1.165, 1.54) is 0 Å². The van der Waals surface area contributed by atoms with E-state index < -0.39 is 5.91 Å². The van der Waals surface area contributed by atoms with Gasteiger partial charge in [0.25, 0.3) is 5.91 Å². The Kier molecular flexibility index (Phi) is 3.69. The molecule has 0 bridgehead atoms. The van der Waals surface area contributed by atoms with Crippen LogP contribution in [0.2, 0.25) is 0 Å². The molecule has 1 aromatic heterocycles. The van der Waals surface area contributed by atoms with E-state index >= 15 is 0 Å². The van der Waals surface area contributed by atoms with Crippen LogP contribution in [-0.4, -0.2) is 15.9 Å². The van der Waals surface area contributed by atoms with Crippen LogP contribution in [-0.2, 0) is 0 Å². The molecule has 0 fully saturated rings. The summed E-state index contributed by atoms with van der Waals surface area (Å²) in [6.45, 7) is 0. The molecule has 0 radical (unpaired) electrons. The maximum absolute atomic E-state index is 11.4. The van der Waals surface area contributed by atoms with E-state index in [1.807, 2.05) is 24.3 Å². The molecule has 0 aliphatic carbocycles. The molecule has 8 heteroatoms. The zero-order valence-corrected chi connectivity index (χ0v) is 11.9. The lowest BCUT2D eigenvalue weighted by molar-refractivity contribution is 0.100. The highest BCUT2D eigenvalue weighted by Gasteiger charge is 2.16. The number of hydrogen-bond donors (Lipinski definition) is 4. The van der Waals surface area contributed by atoms with Crippen molar-refractivity contribution in [3.8, 4) is 0 Å². The topological polar surface area (TPSA) is 133 Å². The molecule has 0 saturated carbocycles. The van der Waals surface area contributed by atoms with Crippen molar-refractivity contribution >= 4 is 51.8 Å². The van der Waals surface area contributed by atoms with Gasteiger partial charge in [0.2, 0.25) is 5.95 Å². The van der Waals surface area contributed by atoms with Crippen molar-refractivity contribution in [3.63, 3.8) is 0 Å². The van der Waals surface area contributed by atoms with Crippen LogP contribution in [0, 0.1) is 3.57 Å². The van der Waals surface area contributed by atoms with Crippen LogP contribution in [0.1, 0.15) is 10.4 Å². The summed E-state index contributed by atoms with van der Waals surface area (Å²) in [5, 5.41) is 2.95. The van der Waals surface area contributed by atoms with E-state index in [2.05, 4.69) is 37.9 Å². The van der Waals surface area contributed by atoms with Gasteiger partial charge < -0.3 is 22.5 Å². The third-order valence-corrected chi connectivity index (χ3v) is 3.03. The zero-order valence-electron chi connectivity index (χ0n) is 9.72. The molecule has 98 valence electrons. The minimum Gasteiger partial charge on any atom is -0.383 e. The maximum Gasteiger partial charge on any atom is 0.256 e. The Hall–Kier alpha value is -2.10. The van der Waals surface area contributed by atoms with E-state index in [1.54, 1.807) is 0 Å². The van der Waals surface area contributed by atoms with Crippen LogP contribution < -0.4 is 22.5 Å². The molecule has 7 nitrogen and oxygen atoms in total. The van der Waals surface area contributed by atoms with Gasteiger partial charge in [-0.25, -0.2) is 0 Å². The number of carbonyl (C=O) groups is 1. The summed E-state index contributed by atoms with van der Waals surface area (Å²) >= 11 is 2.19. The van der Waals surface area contributed by atoms with Gasteiger partial charge in [0, 0.05) is 9.26 Å². The molecule has 0 saturated heterocycles. The van der Waals surface area contributed by atoms with Gasteiger partial charge in [0.1, 0.15) is 11.4 Å². The maximum atomic E-state index is 11.4. The lowest BCUT2D eigenvalue weighted by Gasteiger charge is -2.11. The Morgan fingerprint density at radius 3 is 2.37 bits per heavy atom. The minimum absolute atomic E-state index is 0.0211. The first-order chi connectivity index (χ1) is 8.97. The SMILES string of the molecule is NC(=O)c1c(N)nc(N)nc1Nc1ccc(I)cc1. The average molecular weight is 370 g/mol. The van der Waals surface area contributed by atoms with E-state index in [9.17, 15) is 4.79 Å². The molecule has 0 atom stereocenters. The second kappa shape index (κ2) is 5.26. The number of anilines is 4. The van der Waals surface area contributed by atoms with Crippen molar-refractivity contribution in [2.45, 2.75) is 0 Å². The fourth-order valence-corrected chi connectivity index (χ4v) is 1.86. The molecule has 0 spiro atoms. The summed E-state index contributed by atoms with van der Waals surface area (Å²) in [6.07, 6.45) is 0. The summed E-state index contributed by atoms with van der Waals surface area (Å²) in [5.41, 5.74) is 17.2. The van der Waals surface area contributed by atoms with E-state index in [4.69, 9.17) is 17.2 Å². The molecular weight excluding hydrogens is 359 g/mol. The lowest BCUT2D eigenvalue weighted by atomic mass is 10.2. The zero-order chi connectivity index (χ0) is 14.0. The van der Waals surface area contributed by atoms with Gasteiger partial charge in [-0.2, -0.15) is 9.97 Å². The number of benzene rings is 1. The van der Waals surface area contributed by atoms with Crippen molar-refractivity contribution in [1.82, 2.24) is 9.97 Å². The highest BCUT2D eigenvalue weighted by molar-refractivity contribution is 14.1. The number of nitrogen functional groups attached to an aromatic ring is 2. The number of primary amides is 1. The molecule has 0 aliphatic rings. The number of carbonyl (C=O) groups excluding carboxylic acids is 1. The third-order valence-electron chi connectivity index (χ3n) is 2.31. The number of halogens is 1. The highest BCUT2D eigenvalue weighted by Crippen LogP contribution is 2.23. The molecule has 1 heterocycles. The van der Waals surface area contributed by atoms with Crippen LogP contribution >= 0.6 is 22.6 Å². The van der Waals surface area contributed by atoms with Crippen molar-refractivity contribution < 1.29 is 4.79 Å². The minimum atomic E-state index is -0.717. The Balaban J connectivity index is 2.44. The Morgan fingerprint density at radius 1 is 1.16 bits per heavy atom. The van der Waals surface area contributed by atoms with Crippen molar-refractivity contribution in [2.24, 2.45) is 5.73 Å². The Labute approximate surface area is 122 Å². The normalized spacial score (nSPS) is 10.2. The Bertz CT molecular complexity index is 628. The highest BCUT2D eigenvalue weighted by atomic mass is 127. The van der Waals surface area contributed by atoms with Crippen molar-refractivity contribution in [2.75, 3.05) is 16.8 Å². The standard InChI is InChI=1S/C11H11IN6O/c12-5-1-3-6(4-2-5)16-10-7(9(14)19)8(13)17-11(15)18-10/h1-4H,(H2,14,19)(H5,13,15,16,17,18). The number of nitrogens with zero attached hydrogens (tertiary/aromatic N) is 2. The summed E-state index contributed by atoms with van der Waals surface area (Å²) in [7, 11) is 0. The first kappa shape index (κ1) is 13.3. The Morgan fingerprint density at radius 2 is 1.79 bits per heavy atom. The molecule has 1 amide bonds. The van der Waals surface area contributed by atoms with E-state index in [-0.39, 0.29) is 23.1 Å². The number of rotatable bonds is 3. The van der Waals surface area contributed by atoms with Gasteiger partial charge in [-0.3, -0.25) is 4.79 Å². The second-order valence-electron chi connectivity index (χ2n) is 3.69. The number of nitrogens with one attached hydrogen (secondary N) is 1. The summed E-state index contributed by atoms with van der Waals surface area (Å²) in [4.78, 5) is 19.0. The lowest BCUT2D eigenvalue weighted by Crippen LogP contribution is -2.18. The first-order valence-electron chi connectivity index (χ1n) is 5.22. The number of aromatic nitrogens is 2. The monoisotopic (exact) mass is 370 g/mol. The smallest absolute Gasteiger partial charge is 0.256 e.